The van der Waals surface area contributed by atoms with Crippen molar-refractivity contribution in [3.63, 3.8) is 0 Å². The molecule has 1 aromatic rings. The first-order valence-corrected chi connectivity index (χ1v) is 5.00. The molecule has 1 aliphatic heterocycles. The lowest BCUT2D eigenvalue weighted by Gasteiger charge is -2.11. The zero-order valence-electron chi connectivity index (χ0n) is 9.11. The second kappa shape index (κ2) is 6.19. The van der Waals surface area contributed by atoms with E-state index in [2.05, 4.69) is 15.8 Å². The number of hydrogen-bond acceptors (Lipinski definition) is 5. The highest BCUT2D eigenvalue weighted by Crippen LogP contribution is 2.26. The number of ether oxygens (including phenoxy) is 1. The molecular formula is C9H16N4O3. The Hall–Kier alpha value is -1.47. The smallest absolute Gasteiger partial charge is 0.204 e. The van der Waals surface area contributed by atoms with Crippen LogP contribution in [0.1, 0.15) is 24.9 Å². The molecule has 0 aromatic carbocycles. The van der Waals surface area contributed by atoms with Crippen molar-refractivity contribution in [2.45, 2.75) is 32.1 Å². The molecule has 3 N–H and O–H groups in total. The van der Waals surface area contributed by atoms with Gasteiger partial charge in [-0.1, -0.05) is 0 Å². The summed E-state index contributed by atoms with van der Waals surface area (Å²) < 4.78 is 7.23. The van der Waals surface area contributed by atoms with Crippen molar-refractivity contribution in [1.82, 2.24) is 14.8 Å². The second-order valence-corrected chi connectivity index (χ2v) is 3.38. The third-order valence-corrected chi connectivity index (χ3v) is 2.21. The summed E-state index contributed by atoms with van der Waals surface area (Å²) in [5, 5.41) is 13.0. The third-order valence-electron chi connectivity index (χ3n) is 2.21. The van der Waals surface area contributed by atoms with Crippen molar-refractivity contribution in [3.05, 3.63) is 12.2 Å². The Morgan fingerprint density at radius 1 is 1.75 bits per heavy atom. The summed E-state index contributed by atoms with van der Waals surface area (Å²) in [6.45, 7) is 1.93. The van der Waals surface area contributed by atoms with E-state index in [1.807, 2.05) is 6.92 Å². The van der Waals surface area contributed by atoms with E-state index in [1.54, 1.807) is 11.0 Å². The molecule has 0 aliphatic carbocycles. The van der Waals surface area contributed by atoms with Crippen LogP contribution in [-0.2, 0) is 9.53 Å². The van der Waals surface area contributed by atoms with E-state index < -0.39 is 0 Å². The number of aryl methyl sites for hydroxylation is 1. The SMILES string of the molecule is Cc1ncn(C2CCC(CO)O2)n1.NC=O. The molecule has 1 fully saturated rings. The molecule has 1 aromatic heterocycles. The average Bonchev–Trinajstić information content (AvgIpc) is 2.86. The van der Waals surface area contributed by atoms with Crippen LogP contribution in [0.2, 0.25) is 0 Å². The number of primary amides is 1. The van der Waals surface area contributed by atoms with Crippen molar-refractivity contribution in [1.29, 1.82) is 0 Å². The predicted octanol–water partition coefficient (Wildman–Crippen LogP) is -0.642. The van der Waals surface area contributed by atoms with Gasteiger partial charge in [0.1, 0.15) is 12.2 Å². The van der Waals surface area contributed by atoms with Crippen LogP contribution < -0.4 is 5.73 Å². The Morgan fingerprint density at radius 3 is 2.88 bits per heavy atom. The first-order chi connectivity index (χ1) is 7.71. The first-order valence-electron chi connectivity index (χ1n) is 5.00. The second-order valence-electron chi connectivity index (χ2n) is 3.38. The molecule has 1 amide bonds. The van der Waals surface area contributed by atoms with Gasteiger partial charge in [-0.15, -0.1) is 0 Å². The summed E-state index contributed by atoms with van der Waals surface area (Å²) in [4.78, 5) is 12.6. The van der Waals surface area contributed by atoms with Crippen molar-refractivity contribution in [2.24, 2.45) is 5.73 Å². The van der Waals surface area contributed by atoms with Gasteiger partial charge in [0, 0.05) is 0 Å². The summed E-state index contributed by atoms with van der Waals surface area (Å²) in [6.07, 6.45) is 3.63. The van der Waals surface area contributed by atoms with Gasteiger partial charge < -0.3 is 15.6 Å². The van der Waals surface area contributed by atoms with Gasteiger partial charge in [0.15, 0.2) is 6.23 Å². The van der Waals surface area contributed by atoms with Gasteiger partial charge in [-0.2, -0.15) is 5.10 Å². The van der Waals surface area contributed by atoms with E-state index in [0.717, 1.165) is 18.7 Å². The van der Waals surface area contributed by atoms with Crippen LogP contribution in [-0.4, -0.2) is 39.0 Å². The van der Waals surface area contributed by atoms with Gasteiger partial charge in [-0.3, -0.25) is 4.79 Å². The molecule has 0 bridgehead atoms. The monoisotopic (exact) mass is 228 g/mol. The standard InChI is InChI=1S/C8H13N3O2.CH3NO/c1-6-9-5-11(10-6)8-3-2-7(4-12)13-8;2-1-3/h5,7-8,12H,2-4H2,1H3;1H,(H2,2,3). The Balaban J connectivity index is 0.000000386. The number of hydrogen-bond donors (Lipinski definition) is 2. The maximum Gasteiger partial charge on any atom is 0.204 e. The number of carbonyl (C=O) groups excluding carboxylic acids is 1. The zero-order chi connectivity index (χ0) is 12.0. The van der Waals surface area contributed by atoms with Gasteiger partial charge in [0.25, 0.3) is 0 Å². The minimum absolute atomic E-state index is 0.0329. The highest BCUT2D eigenvalue weighted by Gasteiger charge is 2.26. The lowest BCUT2D eigenvalue weighted by atomic mass is 10.2. The molecule has 7 nitrogen and oxygen atoms in total. The number of nitrogens with two attached hydrogens (primary N) is 1. The number of aromatic nitrogens is 3. The van der Waals surface area contributed by atoms with Crippen molar-refractivity contribution >= 4 is 6.41 Å². The predicted molar refractivity (Wildman–Crippen MR) is 55.2 cm³/mol. The third kappa shape index (κ3) is 3.28. The summed E-state index contributed by atoms with van der Waals surface area (Å²) in [5.74, 6) is 0.746. The van der Waals surface area contributed by atoms with Gasteiger partial charge in [-0.25, -0.2) is 9.67 Å². The molecule has 1 aliphatic rings. The fourth-order valence-corrected chi connectivity index (χ4v) is 1.52. The minimum Gasteiger partial charge on any atom is -0.394 e. The number of amides is 1. The lowest BCUT2D eigenvalue weighted by Crippen LogP contribution is -2.14. The molecule has 2 unspecified atom stereocenters. The highest BCUT2D eigenvalue weighted by atomic mass is 16.5. The number of rotatable bonds is 2. The van der Waals surface area contributed by atoms with Gasteiger partial charge >= 0.3 is 0 Å². The quantitative estimate of drug-likeness (QED) is 0.655. The van der Waals surface area contributed by atoms with Crippen LogP contribution in [0.15, 0.2) is 6.33 Å². The van der Waals surface area contributed by atoms with E-state index in [9.17, 15) is 0 Å². The maximum atomic E-state index is 8.87. The van der Waals surface area contributed by atoms with E-state index in [4.69, 9.17) is 14.6 Å². The highest BCUT2D eigenvalue weighted by molar-refractivity contribution is 5.42. The first kappa shape index (κ1) is 12.6. The normalized spacial score (nSPS) is 23.6. The van der Waals surface area contributed by atoms with E-state index in [-0.39, 0.29) is 25.3 Å². The minimum atomic E-state index is -0.0432. The van der Waals surface area contributed by atoms with Crippen LogP contribution in [0, 0.1) is 6.92 Å². The average molecular weight is 228 g/mol. The Labute approximate surface area is 93.2 Å². The van der Waals surface area contributed by atoms with Crippen LogP contribution in [0.3, 0.4) is 0 Å². The molecule has 2 atom stereocenters. The van der Waals surface area contributed by atoms with E-state index >= 15 is 0 Å². The zero-order valence-corrected chi connectivity index (χ0v) is 9.11. The summed E-state index contributed by atoms with van der Waals surface area (Å²) in [7, 11) is 0. The molecule has 90 valence electrons. The summed E-state index contributed by atoms with van der Waals surface area (Å²) in [5.41, 5.74) is 4.17. The fourth-order valence-electron chi connectivity index (χ4n) is 1.52. The number of carbonyl (C=O) groups is 1. The van der Waals surface area contributed by atoms with Gasteiger partial charge in [0.2, 0.25) is 6.41 Å². The molecule has 2 heterocycles. The number of nitrogens with zero attached hydrogens (tertiary/aromatic N) is 3. The maximum absolute atomic E-state index is 8.87. The van der Waals surface area contributed by atoms with E-state index in [1.165, 1.54) is 0 Å². The molecule has 0 saturated carbocycles. The van der Waals surface area contributed by atoms with Crippen LogP contribution in [0.4, 0.5) is 0 Å². The van der Waals surface area contributed by atoms with Crippen molar-refractivity contribution in [3.8, 4) is 0 Å². The van der Waals surface area contributed by atoms with Crippen molar-refractivity contribution in [2.75, 3.05) is 6.61 Å². The summed E-state index contributed by atoms with van der Waals surface area (Å²) >= 11 is 0. The Morgan fingerprint density at radius 2 is 2.44 bits per heavy atom. The van der Waals surface area contributed by atoms with E-state index in [0.29, 0.717) is 0 Å². The van der Waals surface area contributed by atoms with Gasteiger partial charge in [0.05, 0.1) is 12.7 Å². The molecular weight excluding hydrogens is 212 g/mol. The molecule has 0 spiro atoms. The molecule has 2 rings (SSSR count). The largest absolute Gasteiger partial charge is 0.394 e. The Bertz CT molecular complexity index is 328. The topological polar surface area (TPSA) is 103 Å². The Kier molecular flexibility index (Phi) is 4.87. The molecule has 7 heteroatoms. The van der Waals surface area contributed by atoms with Gasteiger partial charge in [-0.05, 0) is 19.8 Å². The summed E-state index contributed by atoms with van der Waals surface area (Å²) in [6, 6.07) is 0. The molecule has 16 heavy (non-hydrogen) atoms. The van der Waals surface area contributed by atoms with Crippen LogP contribution >= 0.6 is 0 Å². The molecule has 0 radical (unpaired) electrons. The fraction of sp³-hybridized carbons (Fsp3) is 0.667. The lowest BCUT2D eigenvalue weighted by molar-refractivity contribution is -0.106. The number of aliphatic hydroxyl groups is 1. The van der Waals surface area contributed by atoms with Crippen LogP contribution in [0.5, 0.6) is 0 Å². The molecule has 1 saturated heterocycles. The number of aliphatic hydroxyl groups excluding tert-OH is 1. The van der Waals surface area contributed by atoms with Crippen molar-refractivity contribution < 1.29 is 14.6 Å². The van der Waals surface area contributed by atoms with Crippen LogP contribution in [0.25, 0.3) is 0 Å².